The number of fused-ring (bicyclic) bond motifs is 1. The molecule has 1 unspecified atom stereocenters. The van der Waals surface area contributed by atoms with Gasteiger partial charge in [0.1, 0.15) is 5.69 Å². The number of amides is 1. The summed E-state index contributed by atoms with van der Waals surface area (Å²) in [5.41, 5.74) is 2.24. The molecule has 128 valence electrons. The molecule has 0 spiro atoms. The van der Waals surface area contributed by atoms with E-state index < -0.39 is 10.0 Å². The number of hydrogen-bond donors (Lipinski definition) is 2. The smallest absolute Gasteiger partial charge is 0.272 e. The Morgan fingerprint density at radius 1 is 1.33 bits per heavy atom. The van der Waals surface area contributed by atoms with Crippen LogP contribution in [0.4, 0.5) is 0 Å². The maximum atomic E-state index is 12.2. The van der Waals surface area contributed by atoms with Crippen molar-refractivity contribution in [3.05, 3.63) is 53.3 Å². The van der Waals surface area contributed by atoms with Crippen LogP contribution in [-0.4, -0.2) is 35.9 Å². The first-order valence-corrected chi connectivity index (χ1v) is 9.51. The number of sulfonamides is 1. The van der Waals surface area contributed by atoms with E-state index in [9.17, 15) is 13.2 Å². The lowest BCUT2D eigenvalue weighted by Gasteiger charge is -2.10. The fourth-order valence-electron chi connectivity index (χ4n) is 2.70. The number of aromatic nitrogens is 2. The van der Waals surface area contributed by atoms with Crippen molar-refractivity contribution in [1.29, 1.82) is 0 Å². The van der Waals surface area contributed by atoms with E-state index in [0.717, 1.165) is 11.3 Å². The summed E-state index contributed by atoms with van der Waals surface area (Å²) in [7, 11) is -3.23. The van der Waals surface area contributed by atoms with Crippen LogP contribution in [-0.2, 0) is 29.5 Å². The van der Waals surface area contributed by atoms with Gasteiger partial charge < -0.3 is 5.32 Å². The molecule has 1 atom stereocenters. The van der Waals surface area contributed by atoms with Crippen molar-refractivity contribution in [3.8, 4) is 0 Å². The Labute approximate surface area is 141 Å². The molecule has 0 aliphatic carbocycles. The topological polar surface area (TPSA) is 93.1 Å². The average Bonchev–Trinajstić information content (AvgIpc) is 3.11. The van der Waals surface area contributed by atoms with Gasteiger partial charge in [0.15, 0.2) is 0 Å². The summed E-state index contributed by atoms with van der Waals surface area (Å²) in [5.74, 6) is -0.176. The molecule has 0 saturated heterocycles. The second-order valence-corrected chi connectivity index (χ2v) is 7.84. The van der Waals surface area contributed by atoms with Crippen molar-refractivity contribution >= 4 is 15.9 Å². The first-order chi connectivity index (χ1) is 11.5. The molecule has 2 heterocycles. The molecule has 0 saturated carbocycles. The largest absolute Gasteiger partial charge is 0.347 e. The molecule has 1 aromatic carbocycles. The molecular formula is C16H20N4O3S. The van der Waals surface area contributed by atoms with Crippen LogP contribution in [0.1, 0.15) is 28.7 Å². The van der Waals surface area contributed by atoms with Crippen LogP contribution in [0.25, 0.3) is 0 Å². The minimum Gasteiger partial charge on any atom is -0.347 e. The molecule has 1 aromatic heterocycles. The van der Waals surface area contributed by atoms with E-state index in [1.54, 1.807) is 17.7 Å². The lowest BCUT2D eigenvalue weighted by atomic mass is 10.2. The Morgan fingerprint density at radius 2 is 2.08 bits per heavy atom. The highest BCUT2D eigenvalue weighted by Gasteiger charge is 2.27. The highest BCUT2D eigenvalue weighted by Crippen LogP contribution is 2.17. The van der Waals surface area contributed by atoms with Crippen LogP contribution in [0.2, 0.25) is 0 Å². The van der Waals surface area contributed by atoms with E-state index in [1.165, 1.54) is 0 Å². The van der Waals surface area contributed by atoms with E-state index in [2.05, 4.69) is 15.1 Å². The molecule has 2 aromatic rings. The molecule has 1 amide bonds. The van der Waals surface area contributed by atoms with Crippen LogP contribution in [0, 0.1) is 0 Å². The predicted octanol–water partition coefficient (Wildman–Crippen LogP) is 0.677. The van der Waals surface area contributed by atoms with Gasteiger partial charge in [-0.05, 0) is 18.6 Å². The number of nitrogens with zero attached hydrogens (tertiary/aromatic N) is 2. The molecule has 1 aliphatic heterocycles. The summed E-state index contributed by atoms with van der Waals surface area (Å²) in [6.45, 7) is 2.49. The fourth-order valence-corrected chi connectivity index (χ4v) is 3.53. The second kappa shape index (κ2) is 6.74. The van der Waals surface area contributed by atoms with Gasteiger partial charge in [-0.25, -0.2) is 13.1 Å². The first kappa shape index (κ1) is 16.7. The number of benzene rings is 1. The Kier molecular flexibility index (Phi) is 4.68. The van der Waals surface area contributed by atoms with Gasteiger partial charge in [-0.3, -0.25) is 9.48 Å². The molecule has 0 radical (unpaired) electrons. The van der Waals surface area contributed by atoms with Gasteiger partial charge in [0, 0.05) is 24.7 Å². The monoisotopic (exact) mass is 348 g/mol. The summed E-state index contributed by atoms with van der Waals surface area (Å²) >= 11 is 0. The number of rotatable bonds is 6. The molecule has 0 bridgehead atoms. The molecule has 7 nitrogen and oxygen atoms in total. The Balaban J connectivity index is 1.58. The lowest BCUT2D eigenvalue weighted by Crippen LogP contribution is -2.37. The van der Waals surface area contributed by atoms with Crippen LogP contribution in [0.3, 0.4) is 0 Å². The zero-order valence-corrected chi connectivity index (χ0v) is 14.2. The Hall–Kier alpha value is -2.19. The summed E-state index contributed by atoms with van der Waals surface area (Å²) in [5, 5.41) is 7.12. The zero-order valence-electron chi connectivity index (χ0n) is 13.4. The minimum atomic E-state index is -3.23. The maximum absolute atomic E-state index is 12.2. The molecule has 0 fully saturated rings. The third-order valence-electron chi connectivity index (χ3n) is 3.97. The number of nitrogens with one attached hydrogen (secondary N) is 2. The van der Waals surface area contributed by atoms with Gasteiger partial charge in [0.2, 0.25) is 10.0 Å². The van der Waals surface area contributed by atoms with Crippen LogP contribution in [0.15, 0.2) is 36.4 Å². The van der Waals surface area contributed by atoms with E-state index in [4.69, 9.17) is 0 Å². The number of carbonyl (C=O) groups excluding carboxylic acids is 1. The molecule has 8 heteroatoms. The zero-order chi connectivity index (χ0) is 17.2. The average molecular weight is 348 g/mol. The van der Waals surface area contributed by atoms with Gasteiger partial charge in [-0.2, -0.15) is 5.10 Å². The fraction of sp³-hybridized carbons (Fsp3) is 0.375. The third-order valence-corrected chi connectivity index (χ3v) is 5.42. The Morgan fingerprint density at radius 3 is 2.75 bits per heavy atom. The maximum Gasteiger partial charge on any atom is 0.272 e. The van der Waals surface area contributed by atoms with Crippen LogP contribution in [0.5, 0.6) is 0 Å². The van der Waals surface area contributed by atoms with Crippen molar-refractivity contribution < 1.29 is 13.2 Å². The quantitative estimate of drug-likeness (QED) is 0.803. The van der Waals surface area contributed by atoms with Crippen molar-refractivity contribution in [2.75, 3.05) is 5.75 Å². The van der Waals surface area contributed by atoms with Gasteiger partial charge in [-0.1, -0.05) is 30.3 Å². The number of carbonyl (C=O) groups is 1. The third kappa shape index (κ3) is 3.82. The van der Waals surface area contributed by atoms with Crippen molar-refractivity contribution in [1.82, 2.24) is 19.8 Å². The normalized spacial score (nSPS) is 16.8. The van der Waals surface area contributed by atoms with Crippen molar-refractivity contribution in [2.45, 2.75) is 32.5 Å². The van der Waals surface area contributed by atoms with Crippen LogP contribution >= 0.6 is 0 Å². The van der Waals surface area contributed by atoms with Gasteiger partial charge in [0.25, 0.3) is 5.91 Å². The summed E-state index contributed by atoms with van der Waals surface area (Å²) in [4.78, 5) is 12.2. The van der Waals surface area contributed by atoms with Crippen molar-refractivity contribution in [3.63, 3.8) is 0 Å². The predicted molar refractivity (Wildman–Crippen MR) is 89.9 cm³/mol. The molecule has 1 aliphatic rings. The summed E-state index contributed by atoms with van der Waals surface area (Å²) < 4.78 is 27.6. The molecule has 2 N–H and O–H groups in total. The van der Waals surface area contributed by atoms with E-state index >= 15 is 0 Å². The minimum absolute atomic E-state index is 0.0545. The second-order valence-electron chi connectivity index (χ2n) is 5.79. The summed E-state index contributed by atoms with van der Waals surface area (Å²) in [6.07, 6.45) is 0.540. The SMILES string of the molecule is CCS(=O)(=O)NC1Cc2cc(C(=O)NCc3ccccc3)nn2C1. The molecular weight excluding hydrogens is 328 g/mol. The molecule has 24 heavy (non-hydrogen) atoms. The molecule has 3 rings (SSSR count). The standard InChI is InChI=1S/C16H20N4O3S/c1-2-24(22,23)19-13-8-14-9-15(18-20(14)11-13)16(21)17-10-12-6-4-3-5-7-12/h3-7,9,13,19H,2,8,10-11H2,1H3,(H,17,21). The highest BCUT2D eigenvalue weighted by atomic mass is 32.2. The lowest BCUT2D eigenvalue weighted by molar-refractivity contribution is 0.0945. The van der Waals surface area contributed by atoms with Gasteiger partial charge >= 0.3 is 0 Å². The number of hydrogen-bond acceptors (Lipinski definition) is 4. The van der Waals surface area contributed by atoms with E-state index in [0.29, 0.717) is 25.2 Å². The summed E-state index contributed by atoms with van der Waals surface area (Å²) in [6, 6.07) is 11.2. The first-order valence-electron chi connectivity index (χ1n) is 7.85. The van der Waals surface area contributed by atoms with Gasteiger partial charge in [-0.15, -0.1) is 0 Å². The van der Waals surface area contributed by atoms with E-state index in [1.807, 2.05) is 30.3 Å². The van der Waals surface area contributed by atoms with Gasteiger partial charge in [0.05, 0.1) is 12.3 Å². The van der Waals surface area contributed by atoms with E-state index in [-0.39, 0.29) is 17.7 Å². The Bertz CT molecular complexity index is 807. The van der Waals surface area contributed by atoms with Crippen LogP contribution < -0.4 is 10.0 Å². The highest BCUT2D eigenvalue weighted by molar-refractivity contribution is 7.89. The van der Waals surface area contributed by atoms with Crippen molar-refractivity contribution in [2.24, 2.45) is 0 Å².